The highest BCUT2D eigenvalue weighted by Crippen LogP contribution is 2.20. The molecule has 2 heterocycles. The Morgan fingerprint density at radius 2 is 2.38 bits per heavy atom. The van der Waals surface area contributed by atoms with Crippen LogP contribution in [0.15, 0.2) is 32.5 Å². The lowest BCUT2D eigenvalue weighted by atomic mass is 10.2. The topological polar surface area (TPSA) is 56.2 Å². The normalized spacial score (nSPS) is 10.5. The maximum atomic E-state index is 10.9. The van der Waals surface area contributed by atoms with E-state index in [1.807, 2.05) is 0 Å². The number of hydrogen-bond donors (Lipinski definition) is 0. The van der Waals surface area contributed by atoms with Crippen LogP contribution in [0.4, 0.5) is 0 Å². The van der Waals surface area contributed by atoms with Gasteiger partial charge in [0.2, 0.25) is 0 Å². The first kappa shape index (κ1) is 7.79. The van der Waals surface area contributed by atoms with Crippen molar-refractivity contribution in [2.24, 2.45) is 0 Å². The summed E-state index contributed by atoms with van der Waals surface area (Å²) < 4.78 is 9.66. The summed E-state index contributed by atoms with van der Waals surface area (Å²) in [6.45, 7) is 5.48. The Balaban J connectivity index is 2.93. The second-order valence-electron chi connectivity index (χ2n) is 2.73. The molecule has 2 rings (SSSR count). The molecule has 0 saturated heterocycles. The second kappa shape index (κ2) is 2.58. The zero-order valence-corrected chi connectivity index (χ0v) is 7.03. The summed E-state index contributed by atoms with van der Waals surface area (Å²) in [5.41, 5.74) is 1.24. The van der Waals surface area contributed by atoms with E-state index in [4.69, 9.17) is 8.83 Å². The molecule has 2 aromatic rings. The summed E-state index contributed by atoms with van der Waals surface area (Å²) >= 11 is 0. The molecule has 0 saturated carbocycles. The Hall–Kier alpha value is -1.84. The highest BCUT2D eigenvalue weighted by molar-refractivity contribution is 5.84. The molecular weight excluding hydrogens is 170 g/mol. The van der Waals surface area contributed by atoms with Gasteiger partial charge in [-0.3, -0.25) is 0 Å². The Morgan fingerprint density at radius 3 is 3.08 bits per heavy atom. The lowest BCUT2D eigenvalue weighted by molar-refractivity contribution is 0.435. The molecule has 0 aliphatic rings. The van der Waals surface area contributed by atoms with Gasteiger partial charge in [-0.15, -0.1) is 0 Å². The third kappa shape index (κ3) is 1.16. The van der Waals surface area contributed by atoms with Gasteiger partial charge < -0.3 is 8.83 Å². The van der Waals surface area contributed by atoms with Gasteiger partial charge in [-0.2, -0.15) is 4.98 Å². The van der Waals surface area contributed by atoms with E-state index in [2.05, 4.69) is 11.6 Å². The first-order valence-corrected chi connectivity index (χ1v) is 3.72. The van der Waals surface area contributed by atoms with E-state index in [1.165, 1.54) is 6.26 Å². The van der Waals surface area contributed by atoms with Crippen LogP contribution in [-0.4, -0.2) is 4.98 Å². The largest absolute Gasteiger partial charge is 0.442 e. The highest BCUT2D eigenvalue weighted by Gasteiger charge is 2.09. The number of nitrogens with zero attached hydrogens (tertiary/aromatic N) is 1. The Morgan fingerprint density at radius 1 is 1.62 bits per heavy atom. The minimum absolute atomic E-state index is 0.193. The molecular formula is C9H7NO3. The van der Waals surface area contributed by atoms with Gasteiger partial charge in [0.1, 0.15) is 0 Å². The standard InChI is InChI=1S/C9H7NO3/c1-5(2)7-6-3-4-12-8(6)13-9(11)10-7/h3-4H,1H2,2H3. The average Bonchev–Trinajstić information content (AvgIpc) is 2.49. The molecule has 66 valence electrons. The van der Waals surface area contributed by atoms with E-state index >= 15 is 0 Å². The van der Waals surface area contributed by atoms with Crippen molar-refractivity contribution in [1.82, 2.24) is 4.98 Å². The molecule has 0 bridgehead atoms. The zero-order chi connectivity index (χ0) is 9.42. The molecule has 4 heteroatoms. The predicted octanol–water partition coefficient (Wildman–Crippen LogP) is 1.81. The molecule has 0 aliphatic heterocycles. The van der Waals surface area contributed by atoms with Crippen LogP contribution in [0.5, 0.6) is 0 Å². The first-order chi connectivity index (χ1) is 6.18. The summed E-state index contributed by atoms with van der Waals surface area (Å²) in [6, 6.07) is 1.69. The fourth-order valence-corrected chi connectivity index (χ4v) is 1.13. The molecule has 0 radical (unpaired) electrons. The SMILES string of the molecule is C=C(C)c1nc(=O)oc2occc12. The average molecular weight is 177 g/mol. The van der Waals surface area contributed by atoms with Crippen LogP contribution in [0, 0.1) is 0 Å². The molecule has 0 unspecified atom stereocenters. The van der Waals surface area contributed by atoms with Crippen LogP contribution in [0.2, 0.25) is 0 Å². The molecule has 13 heavy (non-hydrogen) atoms. The second-order valence-corrected chi connectivity index (χ2v) is 2.73. The third-order valence-corrected chi connectivity index (χ3v) is 1.67. The number of fused-ring (bicyclic) bond motifs is 1. The van der Waals surface area contributed by atoms with Crippen molar-refractivity contribution in [2.75, 3.05) is 0 Å². The summed E-state index contributed by atoms with van der Waals surface area (Å²) in [4.78, 5) is 14.6. The minimum atomic E-state index is -0.666. The van der Waals surface area contributed by atoms with Gasteiger partial charge in [0.25, 0.3) is 0 Å². The summed E-state index contributed by atoms with van der Waals surface area (Å²) in [5.74, 6) is -0.474. The third-order valence-electron chi connectivity index (χ3n) is 1.67. The number of furan rings is 1. The highest BCUT2D eigenvalue weighted by atomic mass is 16.5. The number of aromatic nitrogens is 1. The predicted molar refractivity (Wildman–Crippen MR) is 47.3 cm³/mol. The Bertz CT molecular complexity index is 521. The number of hydrogen-bond acceptors (Lipinski definition) is 4. The molecule has 0 atom stereocenters. The molecule has 0 aliphatic carbocycles. The van der Waals surface area contributed by atoms with Gasteiger partial charge in [0, 0.05) is 0 Å². The van der Waals surface area contributed by atoms with Crippen molar-refractivity contribution in [2.45, 2.75) is 6.92 Å². The van der Waals surface area contributed by atoms with Crippen LogP contribution in [0.25, 0.3) is 16.7 Å². The lowest BCUT2D eigenvalue weighted by Gasteiger charge is -1.96. The molecule has 4 nitrogen and oxygen atoms in total. The van der Waals surface area contributed by atoms with Crippen LogP contribution < -0.4 is 5.76 Å². The van der Waals surface area contributed by atoms with Gasteiger partial charge in [-0.25, -0.2) is 4.79 Å². The van der Waals surface area contributed by atoms with Gasteiger partial charge >= 0.3 is 11.5 Å². The van der Waals surface area contributed by atoms with Crippen molar-refractivity contribution >= 4 is 16.7 Å². The van der Waals surface area contributed by atoms with Crippen molar-refractivity contribution in [3.63, 3.8) is 0 Å². The van der Waals surface area contributed by atoms with E-state index in [1.54, 1.807) is 13.0 Å². The van der Waals surface area contributed by atoms with Crippen molar-refractivity contribution in [3.05, 3.63) is 35.2 Å². The molecule has 0 N–H and O–H groups in total. The fraction of sp³-hybridized carbons (Fsp3) is 0.111. The lowest BCUT2D eigenvalue weighted by Crippen LogP contribution is -2.05. The van der Waals surface area contributed by atoms with Crippen LogP contribution >= 0.6 is 0 Å². The quantitative estimate of drug-likeness (QED) is 0.666. The molecule has 0 fully saturated rings. The summed E-state index contributed by atoms with van der Waals surface area (Å²) in [7, 11) is 0. The fourth-order valence-electron chi connectivity index (χ4n) is 1.13. The first-order valence-electron chi connectivity index (χ1n) is 3.72. The van der Waals surface area contributed by atoms with E-state index in [-0.39, 0.29) is 5.78 Å². The van der Waals surface area contributed by atoms with Gasteiger partial charge in [-0.1, -0.05) is 6.58 Å². The summed E-state index contributed by atoms with van der Waals surface area (Å²) in [5, 5.41) is 0.673. The van der Waals surface area contributed by atoms with Gasteiger partial charge in [0.15, 0.2) is 0 Å². The maximum absolute atomic E-state index is 10.9. The Kier molecular flexibility index (Phi) is 1.55. The van der Waals surface area contributed by atoms with Crippen LogP contribution in [0.3, 0.4) is 0 Å². The van der Waals surface area contributed by atoms with Crippen LogP contribution in [0.1, 0.15) is 12.6 Å². The van der Waals surface area contributed by atoms with Crippen molar-refractivity contribution in [1.29, 1.82) is 0 Å². The summed E-state index contributed by atoms with van der Waals surface area (Å²) in [6.07, 6.45) is 1.45. The maximum Gasteiger partial charge on any atom is 0.442 e. The van der Waals surface area contributed by atoms with E-state index in [0.717, 1.165) is 0 Å². The number of rotatable bonds is 1. The molecule has 2 aromatic heterocycles. The van der Waals surface area contributed by atoms with Crippen molar-refractivity contribution < 1.29 is 8.83 Å². The van der Waals surface area contributed by atoms with Gasteiger partial charge in [0.05, 0.1) is 17.3 Å². The minimum Gasteiger partial charge on any atom is -0.433 e. The van der Waals surface area contributed by atoms with Gasteiger partial charge in [-0.05, 0) is 18.6 Å². The molecule has 0 aromatic carbocycles. The Labute approximate surface area is 73.5 Å². The van der Waals surface area contributed by atoms with Crippen molar-refractivity contribution in [3.8, 4) is 0 Å². The smallest absolute Gasteiger partial charge is 0.433 e. The van der Waals surface area contributed by atoms with Crippen LogP contribution in [-0.2, 0) is 0 Å². The van der Waals surface area contributed by atoms with E-state index < -0.39 is 5.76 Å². The number of allylic oxidation sites excluding steroid dienone is 1. The monoisotopic (exact) mass is 177 g/mol. The molecule has 0 amide bonds. The van der Waals surface area contributed by atoms with E-state index in [0.29, 0.717) is 16.7 Å². The van der Waals surface area contributed by atoms with E-state index in [9.17, 15) is 4.79 Å². The zero-order valence-electron chi connectivity index (χ0n) is 7.03. The molecule has 0 spiro atoms.